The molecule has 0 spiro atoms. The van der Waals surface area contributed by atoms with E-state index in [2.05, 4.69) is 55.6 Å². The number of aromatic nitrogens is 6. The Kier molecular flexibility index (Phi) is 6.45. The molecule has 196 valence electrons. The SMILES string of the molecule is Cc1cc(-c2nnn(-c3ccc(CCN4CCc5ccc(-n6ccnc6)cc5C4)cc3)n2)c([N+](=O)[O-])cc1C. The van der Waals surface area contributed by atoms with Crippen molar-refractivity contribution in [2.45, 2.75) is 33.2 Å². The third-order valence-corrected chi connectivity index (χ3v) is 7.43. The molecule has 6 rings (SSSR count). The molecule has 0 aliphatic carbocycles. The number of benzene rings is 3. The smallest absolute Gasteiger partial charge is 0.280 e. The molecule has 0 bridgehead atoms. The fourth-order valence-electron chi connectivity index (χ4n) is 5.01. The van der Waals surface area contributed by atoms with Gasteiger partial charge in [-0.3, -0.25) is 15.0 Å². The average molecular weight is 521 g/mol. The largest absolute Gasteiger partial charge is 0.306 e. The number of imidazole rings is 1. The second-order valence-corrected chi connectivity index (χ2v) is 9.98. The molecule has 0 radical (unpaired) electrons. The van der Waals surface area contributed by atoms with Crippen LogP contribution in [0.2, 0.25) is 0 Å². The van der Waals surface area contributed by atoms with E-state index in [1.807, 2.05) is 43.1 Å². The molecule has 2 aromatic heterocycles. The van der Waals surface area contributed by atoms with Gasteiger partial charge in [0.1, 0.15) is 5.56 Å². The van der Waals surface area contributed by atoms with Crippen molar-refractivity contribution in [3.05, 3.63) is 111 Å². The minimum atomic E-state index is -0.406. The molecule has 5 aromatic rings. The molecule has 0 amide bonds. The number of aryl methyl sites for hydroxylation is 2. The highest BCUT2D eigenvalue weighted by Gasteiger charge is 2.21. The van der Waals surface area contributed by atoms with Gasteiger partial charge in [-0.05, 0) is 90.1 Å². The maximum absolute atomic E-state index is 11.6. The summed E-state index contributed by atoms with van der Waals surface area (Å²) in [7, 11) is 0. The summed E-state index contributed by atoms with van der Waals surface area (Å²) in [6.07, 6.45) is 7.58. The second kappa shape index (κ2) is 10.2. The Morgan fingerprint density at radius 1 is 0.974 bits per heavy atom. The number of nitro groups is 1. The maximum atomic E-state index is 11.6. The summed E-state index contributed by atoms with van der Waals surface area (Å²) in [5.41, 5.74) is 8.04. The second-order valence-electron chi connectivity index (χ2n) is 9.98. The van der Waals surface area contributed by atoms with Crippen molar-refractivity contribution in [2.24, 2.45) is 0 Å². The van der Waals surface area contributed by atoms with Crippen molar-refractivity contribution in [2.75, 3.05) is 13.1 Å². The van der Waals surface area contributed by atoms with E-state index < -0.39 is 4.92 Å². The third kappa shape index (κ3) is 5.06. The highest BCUT2D eigenvalue weighted by molar-refractivity contribution is 5.69. The Hall–Kier alpha value is -4.70. The highest BCUT2D eigenvalue weighted by Crippen LogP contribution is 2.30. The molecule has 0 saturated carbocycles. The fraction of sp³-hybridized carbons (Fsp3) is 0.241. The quantitative estimate of drug-likeness (QED) is 0.227. The number of fused-ring (bicyclic) bond motifs is 1. The van der Waals surface area contributed by atoms with Crippen LogP contribution in [0.3, 0.4) is 0 Å². The van der Waals surface area contributed by atoms with Crippen LogP contribution in [0.15, 0.2) is 73.3 Å². The van der Waals surface area contributed by atoms with Gasteiger partial charge in [-0.1, -0.05) is 18.2 Å². The van der Waals surface area contributed by atoms with Crippen LogP contribution >= 0.6 is 0 Å². The van der Waals surface area contributed by atoms with Gasteiger partial charge < -0.3 is 4.57 Å². The zero-order valence-electron chi connectivity index (χ0n) is 21.9. The number of tetrazole rings is 1. The lowest BCUT2D eigenvalue weighted by molar-refractivity contribution is -0.384. The summed E-state index contributed by atoms with van der Waals surface area (Å²) >= 11 is 0. The van der Waals surface area contributed by atoms with Crippen molar-refractivity contribution in [1.29, 1.82) is 0 Å². The van der Waals surface area contributed by atoms with Crippen LogP contribution in [-0.2, 0) is 19.4 Å². The van der Waals surface area contributed by atoms with Crippen LogP contribution in [-0.4, -0.2) is 52.7 Å². The van der Waals surface area contributed by atoms with Crippen molar-refractivity contribution >= 4 is 5.69 Å². The molecule has 10 heteroatoms. The Balaban J connectivity index is 1.12. The van der Waals surface area contributed by atoms with Crippen LogP contribution < -0.4 is 0 Å². The molecule has 1 aliphatic heterocycles. The van der Waals surface area contributed by atoms with E-state index in [-0.39, 0.29) is 11.5 Å². The lowest BCUT2D eigenvalue weighted by atomic mass is 9.98. The normalized spacial score (nSPS) is 13.4. The molecule has 0 unspecified atom stereocenters. The molecule has 39 heavy (non-hydrogen) atoms. The molecule has 0 saturated heterocycles. The van der Waals surface area contributed by atoms with Crippen LogP contribution in [0.1, 0.15) is 27.8 Å². The molecule has 0 N–H and O–H groups in total. The molecule has 10 nitrogen and oxygen atoms in total. The first-order chi connectivity index (χ1) is 18.9. The van der Waals surface area contributed by atoms with Gasteiger partial charge in [-0.2, -0.15) is 0 Å². The molecule has 0 atom stereocenters. The lowest BCUT2D eigenvalue weighted by Gasteiger charge is -2.29. The predicted octanol–water partition coefficient (Wildman–Crippen LogP) is 4.64. The number of rotatable bonds is 7. The van der Waals surface area contributed by atoms with Crippen molar-refractivity contribution in [1.82, 2.24) is 34.7 Å². The highest BCUT2D eigenvalue weighted by atomic mass is 16.6. The monoisotopic (exact) mass is 520 g/mol. The fourth-order valence-corrected chi connectivity index (χ4v) is 5.01. The van der Waals surface area contributed by atoms with Gasteiger partial charge >= 0.3 is 0 Å². The van der Waals surface area contributed by atoms with E-state index in [0.717, 1.165) is 55.0 Å². The first kappa shape index (κ1) is 24.6. The predicted molar refractivity (Wildman–Crippen MR) is 147 cm³/mol. The number of hydrogen-bond acceptors (Lipinski definition) is 7. The Morgan fingerprint density at radius 2 is 1.77 bits per heavy atom. The third-order valence-electron chi connectivity index (χ3n) is 7.43. The molecule has 1 aliphatic rings. The summed E-state index contributed by atoms with van der Waals surface area (Å²) in [5.74, 6) is 0.232. The lowest BCUT2D eigenvalue weighted by Crippen LogP contribution is -2.32. The molecule has 3 aromatic carbocycles. The van der Waals surface area contributed by atoms with Gasteiger partial charge in [0, 0.05) is 43.8 Å². The van der Waals surface area contributed by atoms with Crippen molar-refractivity contribution in [3.63, 3.8) is 0 Å². The van der Waals surface area contributed by atoms with Gasteiger partial charge in [0.15, 0.2) is 0 Å². The van der Waals surface area contributed by atoms with Crippen LogP contribution in [0.25, 0.3) is 22.8 Å². The number of nitro benzene ring substituents is 1. The van der Waals surface area contributed by atoms with Gasteiger partial charge in [-0.15, -0.1) is 15.0 Å². The Morgan fingerprint density at radius 3 is 2.54 bits per heavy atom. The van der Waals surface area contributed by atoms with Crippen LogP contribution in [0, 0.1) is 24.0 Å². The van der Waals surface area contributed by atoms with Gasteiger partial charge in [0.25, 0.3) is 5.69 Å². The van der Waals surface area contributed by atoms with E-state index in [0.29, 0.717) is 5.56 Å². The van der Waals surface area contributed by atoms with Crippen LogP contribution in [0.5, 0.6) is 0 Å². The number of nitrogens with zero attached hydrogens (tertiary/aromatic N) is 8. The summed E-state index contributed by atoms with van der Waals surface area (Å²) in [5, 5.41) is 24.3. The Labute approximate surface area is 225 Å². The summed E-state index contributed by atoms with van der Waals surface area (Å²) in [6, 6.07) is 18.0. The maximum Gasteiger partial charge on any atom is 0.280 e. The Bertz CT molecular complexity index is 1640. The molecular weight excluding hydrogens is 492 g/mol. The zero-order chi connectivity index (χ0) is 26.9. The average Bonchev–Trinajstić information content (AvgIpc) is 3.66. The summed E-state index contributed by atoms with van der Waals surface area (Å²) in [6.45, 7) is 6.71. The van der Waals surface area contributed by atoms with Crippen LogP contribution in [0.4, 0.5) is 5.69 Å². The van der Waals surface area contributed by atoms with Crippen molar-refractivity contribution in [3.8, 4) is 22.8 Å². The standard InChI is InChI=1S/C29H28N8O2/c1-20-15-27(28(37(38)39)16-21(20)2)29-31-33-36(32-29)25-6-3-22(4-7-25)9-12-34-13-10-23-5-8-26(17-24(23)18-34)35-14-11-30-19-35/h3-8,11,14-17,19H,9-10,12-13,18H2,1-2H3. The van der Waals surface area contributed by atoms with E-state index in [1.54, 1.807) is 18.3 Å². The molecule has 0 fully saturated rings. The minimum absolute atomic E-state index is 0.0220. The summed E-state index contributed by atoms with van der Waals surface area (Å²) < 4.78 is 2.04. The van der Waals surface area contributed by atoms with Crippen molar-refractivity contribution < 1.29 is 4.92 Å². The zero-order valence-corrected chi connectivity index (χ0v) is 21.9. The first-order valence-electron chi connectivity index (χ1n) is 12.9. The molecular formula is C29H28N8O2. The van der Waals surface area contributed by atoms with E-state index >= 15 is 0 Å². The topological polar surface area (TPSA) is 108 Å². The first-order valence-corrected chi connectivity index (χ1v) is 12.9. The molecule has 3 heterocycles. The van der Waals surface area contributed by atoms with Gasteiger partial charge in [0.2, 0.25) is 5.82 Å². The number of hydrogen-bond donors (Lipinski definition) is 0. The van der Waals surface area contributed by atoms with E-state index in [9.17, 15) is 10.1 Å². The van der Waals surface area contributed by atoms with Gasteiger partial charge in [-0.25, -0.2) is 4.98 Å². The van der Waals surface area contributed by atoms with E-state index in [4.69, 9.17) is 0 Å². The minimum Gasteiger partial charge on any atom is -0.306 e. The summed E-state index contributed by atoms with van der Waals surface area (Å²) in [4.78, 5) is 19.3. The van der Waals surface area contributed by atoms with Gasteiger partial charge in [0.05, 0.1) is 16.9 Å². The van der Waals surface area contributed by atoms with E-state index in [1.165, 1.54) is 21.5 Å².